The SMILES string of the molecule is CC[C@@H](C)NC(=O)CC1=CSC2=NC(C)=C(C(=O)OC)[C@H](c3cccc([N+](=O)[O-])c3)N12. The van der Waals surface area contributed by atoms with Gasteiger partial charge in [-0.2, -0.15) is 0 Å². The Morgan fingerprint density at radius 1 is 1.42 bits per heavy atom. The van der Waals surface area contributed by atoms with E-state index >= 15 is 0 Å². The average Bonchev–Trinajstić information content (AvgIpc) is 3.13. The summed E-state index contributed by atoms with van der Waals surface area (Å²) in [6.07, 6.45) is 0.899. The number of thioether (sulfide) groups is 1. The monoisotopic (exact) mass is 444 g/mol. The number of non-ortho nitro benzene ring substituents is 1. The van der Waals surface area contributed by atoms with Gasteiger partial charge in [-0.05, 0) is 31.2 Å². The number of amides is 1. The van der Waals surface area contributed by atoms with Crippen LogP contribution in [0.25, 0.3) is 0 Å². The highest BCUT2D eigenvalue weighted by Gasteiger charge is 2.41. The molecule has 3 rings (SSSR count). The van der Waals surface area contributed by atoms with Gasteiger partial charge in [0.05, 0.1) is 35.8 Å². The lowest BCUT2D eigenvalue weighted by Crippen LogP contribution is -2.39. The van der Waals surface area contributed by atoms with E-state index in [0.29, 0.717) is 22.1 Å². The molecular weight excluding hydrogens is 420 g/mol. The van der Waals surface area contributed by atoms with E-state index in [1.807, 2.05) is 19.3 Å². The van der Waals surface area contributed by atoms with Crippen LogP contribution >= 0.6 is 11.8 Å². The van der Waals surface area contributed by atoms with Gasteiger partial charge in [-0.3, -0.25) is 14.9 Å². The van der Waals surface area contributed by atoms with Gasteiger partial charge in [-0.25, -0.2) is 9.79 Å². The summed E-state index contributed by atoms with van der Waals surface area (Å²) in [5.74, 6) is -0.719. The van der Waals surface area contributed by atoms with E-state index in [1.54, 1.807) is 24.0 Å². The second-order valence-corrected chi connectivity index (χ2v) is 8.13. The molecule has 1 N–H and O–H groups in total. The summed E-state index contributed by atoms with van der Waals surface area (Å²) in [4.78, 5) is 42.4. The van der Waals surface area contributed by atoms with E-state index in [-0.39, 0.29) is 29.6 Å². The number of hydrogen-bond acceptors (Lipinski definition) is 8. The number of carbonyl (C=O) groups excluding carboxylic acids is 2. The van der Waals surface area contributed by atoms with Crippen molar-refractivity contribution in [3.63, 3.8) is 0 Å². The summed E-state index contributed by atoms with van der Waals surface area (Å²) in [5, 5.41) is 16.7. The summed E-state index contributed by atoms with van der Waals surface area (Å²) in [6, 6.07) is 5.46. The normalized spacial score (nSPS) is 18.7. The number of benzene rings is 1. The first-order chi connectivity index (χ1) is 14.8. The summed E-state index contributed by atoms with van der Waals surface area (Å²) >= 11 is 1.35. The molecule has 0 saturated carbocycles. The van der Waals surface area contributed by atoms with Crippen LogP contribution in [0.3, 0.4) is 0 Å². The summed E-state index contributed by atoms with van der Waals surface area (Å²) in [7, 11) is 1.28. The number of aliphatic imine (C=N–C) groups is 1. The second-order valence-electron chi connectivity index (χ2n) is 7.29. The number of carbonyl (C=O) groups is 2. The van der Waals surface area contributed by atoms with Crippen LogP contribution in [0.4, 0.5) is 5.69 Å². The van der Waals surface area contributed by atoms with Crippen molar-refractivity contribution in [2.45, 2.75) is 45.7 Å². The molecule has 0 spiro atoms. The zero-order valence-corrected chi connectivity index (χ0v) is 18.6. The molecule has 2 atom stereocenters. The Kier molecular flexibility index (Phi) is 6.79. The molecule has 0 saturated heterocycles. The molecule has 2 heterocycles. The minimum Gasteiger partial charge on any atom is -0.466 e. The Labute approximate surface area is 184 Å². The number of esters is 1. The highest BCUT2D eigenvalue weighted by Crippen LogP contribution is 2.45. The third kappa shape index (κ3) is 4.63. The molecule has 1 aromatic rings. The number of amidine groups is 1. The van der Waals surface area contributed by atoms with Crippen molar-refractivity contribution in [2.75, 3.05) is 7.11 Å². The van der Waals surface area contributed by atoms with Crippen molar-refractivity contribution in [1.29, 1.82) is 0 Å². The van der Waals surface area contributed by atoms with Crippen LogP contribution in [-0.2, 0) is 14.3 Å². The number of nitrogens with one attached hydrogen (secondary N) is 1. The standard InChI is InChI=1S/C21H24N4O5S/c1-5-12(2)22-17(26)10-16-11-31-21-23-13(3)18(20(27)30-4)19(24(16)21)14-7-6-8-15(9-14)25(28)29/h6-9,11-12,19H,5,10H2,1-4H3,(H,22,26)/t12-,19+/m1/s1. The number of fused-ring (bicyclic) bond motifs is 1. The molecule has 164 valence electrons. The van der Waals surface area contributed by atoms with E-state index in [9.17, 15) is 19.7 Å². The number of nitro groups is 1. The predicted octanol–water partition coefficient (Wildman–Crippen LogP) is 3.65. The topological polar surface area (TPSA) is 114 Å². The third-order valence-corrected chi connectivity index (χ3v) is 6.05. The maximum Gasteiger partial charge on any atom is 0.338 e. The van der Waals surface area contributed by atoms with Gasteiger partial charge < -0.3 is 15.0 Å². The van der Waals surface area contributed by atoms with E-state index in [4.69, 9.17) is 4.74 Å². The molecule has 0 aromatic heterocycles. The minimum absolute atomic E-state index is 0.0389. The number of allylic oxidation sites excluding steroid dienone is 1. The second kappa shape index (κ2) is 9.34. The minimum atomic E-state index is -0.697. The van der Waals surface area contributed by atoms with Gasteiger partial charge >= 0.3 is 5.97 Å². The number of hydrogen-bond donors (Lipinski definition) is 1. The molecule has 0 bridgehead atoms. The van der Waals surface area contributed by atoms with Crippen LogP contribution in [0.2, 0.25) is 0 Å². The molecule has 10 heteroatoms. The lowest BCUT2D eigenvalue weighted by atomic mass is 9.93. The van der Waals surface area contributed by atoms with Crippen LogP contribution in [-0.4, -0.2) is 40.0 Å². The predicted molar refractivity (Wildman–Crippen MR) is 118 cm³/mol. The first kappa shape index (κ1) is 22.5. The van der Waals surface area contributed by atoms with Gasteiger partial charge in [-0.1, -0.05) is 30.8 Å². The quantitative estimate of drug-likeness (QED) is 0.388. The van der Waals surface area contributed by atoms with Crippen molar-refractivity contribution in [3.05, 3.63) is 62.3 Å². The van der Waals surface area contributed by atoms with Crippen LogP contribution in [0.1, 0.15) is 45.2 Å². The summed E-state index contributed by atoms with van der Waals surface area (Å²) < 4.78 is 4.99. The van der Waals surface area contributed by atoms with Crippen molar-refractivity contribution in [1.82, 2.24) is 10.2 Å². The molecule has 2 aliphatic rings. The van der Waals surface area contributed by atoms with Crippen LogP contribution in [0.15, 0.2) is 51.6 Å². The van der Waals surface area contributed by atoms with Gasteiger partial charge in [0.15, 0.2) is 5.17 Å². The molecule has 1 amide bonds. The highest BCUT2D eigenvalue weighted by molar-refractivity contribution is 8.16. The van der Waals surface area contributed by atoms with Crippen LogP contribution in [0.5, 0.6) is 0 Å². The van der Waals surface area contributed by atoms with Gasteiger partial charge in [0.25, 0.3) is 5.69 Å². The first-order valence-electron chi connectivity index (χ1n) is 9.83. The molecule has 0 aliphatic carbocycles. The Bertz CT molecular complexity index is 1020. The fraction of sp³-hybridized carbons (Fsp3) is 0.381. The number of nitrogens with zero attached hydrogens (tertiary/aromatic N) is 3. The Morgan fingerprint density at radius 2 is 2.16 bits per heavy atom. The number of methoxy groups -OCH3 is 1. The molecular formula is C21H24N4O5S. The first-order valence-corrected chi connectivity index (χ1v) is 10.7. The van der Waals surface area contributed by atoms with E-state index in [0.717, 1.165) is 6.42 Å². The summed E-state index contributed by atoms with van der Waals surface area (Å²) in [5.41, 5.74) is 1.87. The lowest BCUT2D eigenvalue weighted by Gasteiger charge is -2.36. The molecule has 9 nitrogen and oxygen atoms in total. The molecule has 2 aliphatic heterocycles. The van der Waals surface area contributed by atoms with Crippen molar-refractivity contribution in [2.24, 2.45) is 4.99 Å². The van der Waals surface area contributed by atoms with Gasteiger partial charge in [0, 0.05) is 23.9 Å². The third-order valence-electron chi connectivity index (χ3n) is 5.16. The smallest absolute Gasteiger partial charge is 0.338 e. The molecule has 31 heavy (non-hydrogen) atoms. The van der Waals surface area contributed by atoms with Gasteiger partial charge in [-0.15, -0.1) is 0 Å². The molecule has 0 fully saturated rings. The number of ether oxygens (including phenoxy) is 1. The summed E-state index contributed by atoms with van der Waals surface area (Å²) in [6.45, 7) is 5.62. The van der Waals surface area contributed by atoms with Crippen LogP contribution < -0.4 is 5.32 Å². The maximum atomic E-state index is 12.7. The Morgan fingerprint density at radius 3 is 2.81 bits per heavy atom. The van der Waals surface area contributed by atoms with Gasteiger partial charge in [0.1, 0.15) is 0 Å². The van der Waals surface area contributed by atoms with Crippen molar-refractivity contribution in [3.8, 4) is 0 Å². The zero-order valence-electron chi connectivity index (χ0n) is 17.7. The van der Waals surface area contributed by atoms with Gasteiger partial charge in [0.2, 0.25) is 5.91 Å². The Balaban J connectivity index is 2.04. The fourth-order valence-corrected chi connectivity index (χ4v) is 4.42. The Hall–Kier alpha value is -3.14. The van der Waals surface area contributed by atoms with Crippen LogP contribution in [0, 0.1) is 10.1 Å². The number of rotatable bonds is 7. The molecule has 0 unspecified atom stereocenters. The van der Waals surface area contributed by atoms with E-state index in [2.05, 4.69) is 10.3 Å². The highest BCUT2D eigenvalue weighted by atomic mass is 32.2. The van der Waals surface area contributed by atoms with Crippen molar-refractivity contribution < 1.29 is 19.2 Å². The van der Waals surface area contributed by atoms with Crippen molar-refractivity contribution >= 4 is 34.5 Å². The average molecular weight is 445 g/mol. The van der Waals surface area contributed by atoms with E-state index in [1.165, 1.54) is 31.0 Å². The maximum absolute atomic E-state index is 12.7. The van der Waals surface area contributed by atoms with E-state index < -0.39 is 16.9 Å². The molecule has 1 aromatic carbocycles. The largest absolute Gasteiger partial charge is 0.466 e. The molecule has 0 radical (unpaired) electrons. The fourth-order valence-electron chi connectivity index (χ4n) is 3.46. The number of nitro benzene ring substituents is 1. The zero-order chi connectivity index (χ0) is 22.7. The lowest BCUT2D eigenvalue weighted by molar-refractivity contribution is -0.384.